The van der Waals surface area contributed by atoms with Crippen molar-refractivity contribution in [3.05, 3.63) is 24.0 Å². The Morgan fingerprint density at radius 3 is 2.59 bits per heavy atom. The Bertz CT molecular complexity index is 501. The molecule has 0 aliphatic rings. The van der Waals surface area contributed by atoms with Crippen LogP contribution in [0.25, 0.3) is 0 Å². The normalized spacial score (nSPS) is 12.6. The van der Waals surface area contributed by atoms with Crippen LogP contribution in [0, 0.1) is 5.82 Å². The van der Waals surface area contributed by atoms with E-state index in [1.54, 1.807) is 33.9 Å². The lowest BCUT2D eigenvalue weighted by molar-refractivity contribution is 0.0635. The molecule has 1 unspecified atom stereocenters. The average Bonchev–Trinajstić information content (AvgIpc) is 2.39. The van der Waals surface area contributed by atoms with Gasteiger partial charge in [-0.05, 0) is 45.4 Å². The third-order valence-electron chi connectivity index (χ3n) is 2.83. The van der Waals surface area contributed by atoms with Crippen molar-refractivity contribution in [2.24, 2.45) is 0 Å². The molecule has 0 aromatic heterocycles. The molecule has 0 saturated heterocycles. The molecule has 0 spiro atoms. The minimum atomic E-state index is -0.688. The van der Waals surface area contributed by atoms with Crippen molar-refractivity contribution in [2.75, 3.05) is 24.4 Å². The Hall–Kier alpha value is -1.82. The lowest BCUT2D eigenvalue weighted by Gasteiger charge is -2.21. The molecule has 0 bridgehead atoms. The third-order valence-corrected chi connectivity index (χ3v) is 2.83. The molecule has 6 heteroatoms. The van der Waals surface area contributed by atoms with E-state index in [2.05, 4.69) is 10.6 Å². The first-order chi connectivity index (χ1) is 10.2. The van der Waals surface area contributed by atoms with Gasteiger partial charge in [0, 0.05) is 18.8 Å². The van der Waals surface area contributed by atoms with E-state index in [0.717, 1.165) is 6.42 Å². The lowest BCUT2D eigenvalue weighted by Crippen LogP contribution is -2.27. The number of ether oxygens (including phenoxy) is 2. The summed E-state index contributed by atoms with van der Waals surface area (Å²) in [6.45, 7) is 7.81. The standard InChI is InChI=1S/C16H25FN2O3/c1-6-11(10-21-5)18-12-7-8-13(17)14(9-12)19-15(20)22-16(2,3)4/h7-9,11,18H,6,10H2,1-5H3,(H,19,20). The van der Waals surface area contributed by atoms with Crippen molar-refractivity contribution in [1.29, 1.82) is 0 Å². The van der Waals surface area contributed by atoms with Gasteiger partial charge in [0.2, 0.25) is 0 Å². The summed E-state index contributed by atoms with van der Waals surface area (Å²) >= 11 is 0. The number of methoxy groups -OCH3 is 1. The highest BCUT2D eigenvalue weighted by molar-refractivity contribution is 5.85. The van der Waals surface area contributed by atoms with Gasteiger partial charge in [-0.15, -0.1) is 0 Å². The fourth-order valence-corrected chi connectivity index (χ4v) is 1.82. The first-order valence-electron chi connectivity index (χ1n) is 7.30. The Kier molecular flexibility index (Phi) is 6.61. The number of amides is 1. The van der Waals surface area contributed by atoms with Gasteiger partial charge in [-0.25, -0.2) is 9.18 Å². The maximum Gasteiger partial charge on any atom is 0.412 e. The molecule has 1 aromatic rings. The zero-order valence-corrected chi connectivity index (χ0v) is 13.8. The van der Waals surface area contributed by atoms with Gasteiger partial charge in [-0.3, -0.25) is 5.32 Å². The van der Waals surface area contributed by atoms with Crippen LogP contribution in [-0.4, -0.2) is 31.5 Å². The largest absolute Gasteiger partial charge is 0.444 e. The summed E-state index contributed by atoms with van der Waals surface area (Å²) in [5.41, 5.74) is 0.144. The highest BCUT2D eigenvalue weighted by Crippen LogP contribution is 2.21. The molecule has 0 aliphatic heterocycles. The van der Waals surface area contributed by atoms with E-state index >= 15 is 0 Å². The number of rotatable bonds is 6. The Morgan fingerprint density at radius 1 is 1.36 bits per heavy atom. The van der Waals surface area contributed by atoms with Gasteiger partial charge in [-0.1, -0.05) is 6.92 Å². The van der Waals surface area contributed by atoms with Crippen molar-refractivity contribution in [1.82, 2.24) is 0 Å². The van der Waals surface area contributed by atoms with E-state index in [1.807, 2.05) is 6.92 Å². The quantitative estimate of drug-likeness (QED) is 0.833. The summed E-state index contributed by atoms with van der Waals surface area (Å²) in [7, 11) is 1.63. The van der Waals surface area contributed by atoms with Crippen LogP contribution in [0.2, 0.25) is 0 Å². The van der Waals surface area contributed by atoms with Crippen LogP contribution in [0.3, 0.4) is 0 Å². The van der Waals surface area contributed by atoms with Gasteiger partial charge in [0.05, 0.1) is 12.3 Å². The summed E-state index contributed by atoms with van der Waals surface area (Å²) in [4.78, 5) is 11.7. The molecule has 2 N–H and O–H groups in total. The van der Waals surface area contributed by atoms with E-state index in [-0.39, 0.29) is 11.7 Å². The molecular weight excluding hydrogens is 287 g/mol. The molecule has 1 atom stereocenters. The van der Waals surface area contributed by atoms with Gasteiger partial charge in [0.15, 0.2) is 0 Å². The van der Waals surface area contributed by atoms with Crippen LogP contribution in [0.4, 0.5) is 20.6 Å². The minimum absolute atomic E-state index is 0.0755. The third kappa shape index (κ3) is 6.30. The van der Waals surface area contributed by atoms with Crippen LogP contribution in [0.15, 0.2) is 18.2 Å². The predicted molar refractivity (Wildman–Crippen MR) is 85.8 cm³/mol. The number of nitrogens with one attached hydrogen (secondary N) is 2. The van der Waals surface area contributed by atoms with Gasteiger partial charge >= 0.3 is 6.09 Å². The van der Waals surface area contributed by atoms with Gasteiger partial charge in [0.1, 0.15) is 11.4 Å². The van der Waals surface area contributed by atoms with Crippen molar-refractivity contribution in [3.63, 3.8) is 0 Å². The Morgan fingerprint density at radius 2 is 2.05 bits per heavy atom. The fourth-order valence-electron chi connectivity index (χ4n) is 1.82. The highest BCUT2D eigenvalue weighted by atomic mass is 19.1. The number of carbonyl (C=O) groups is 1. The highest BCUT2D eigenvalue weighted by Gasteiger charge is 2.17. The van der Waals surface area contributed by atoms with Crippen LogP contribution < -0.4 is 10.6 Å². The number of halogens is 1. The second-order valence-electron chi connectivity index (χ2n) is 6.03. The van der Waals surface area contributed by atoms with Gasteiger partial charge in [-0.2, -0.15) is 0 Å². The van der Waals surface area contributed by atoms with E-state index < -0.39 is 17.5 Å². The van der Waals surface area contributed by atoms with E-state index in [9.17, 15) is 9.18 Å². The molecule has 1 aromatic carbocycles. The molecular formula is C16H25FN2O3. The molecule has 0 fully saturated rings. The number of hydrogen-bond donors (Lipinski definition) is 2. The van der Waals surface area contributed by atoms with Crippen molar-refractivity contribution >= 4 is 17.5 Å². The SMILES string of the molecule is CCC(COC)Nc1ccc(F)c(NC(=O)OC(C)(C)C)c1. The molecule has 22 heavy (non-hydrogen) atoms. The number of anilines is 2. The zero-order valence-electron chi connectivity index (χ0n) is 13.8. The lowest BCUT2D eigenvalue weighted by atomic mass is 10.2. The van der Waals surface area contributed by atoms with E-state index in [4.69, 9.17) is 9.47 Å². The van der Waals surface area contributed by atoms with Crippen LogP contribution >= 0.6 is 0 Å². The summed E-state index contributed by atoms with van der Waals surface area (Å²) in [6, 6.07) is 4.57. The van der Waals surface area contributed by atoms with E-state index in [0.29, 0.717) is 12.3 Å². The topological polar surface area (TPSA) is 59.6 Å². The second-order valence-corrected chi connectivity index (χ2v) is 6.03. The number of hydrogen-bond acceptors (Lipinski definition) is 4. The van der Waals surface area contributed by atoms with Crippen molar-refractivity contribution < 1.29 is 18.7 Å². The molecule has 0 saturated carbocycles. The summed E-state index contributed by atoms with van der Waals surface area (Å²) in [5.74, 6) is -0.517. The summed E-state index contributed by atoms with van der Waals surface area (Å²) in [5, 5.41) is 5.66. The average molecular weight is 312 g/mol. The Labute approximate surface area is 131 Å². The number of carbonyl (C=O) groups excluding carboxylic acids is 1. The predicted octanol–water partition coefficient (Wildman–Crippen LogP) is 4.01. The molecule has 0 heterocycles. The molecule has 5 nitrogen and oxygen atoms in total. The second kappa shape index (κ2) is 7.98. The molecule has 0 aliphatic carbocycles. The maximum absolute atomic E-state index is 13.8. The van der Waals surface area contributed by atoms with Crippen LogP contribution in [-0.2, 0) is 9.47 Å². The number of benzene rings is 1. The zero-order chi connectivity index (χ0) is 16.8. The van der Waals surface area contributed by atoms with Gasteiger partial charge in [0.25, 0.3) is 0 Å². The monoisotopic (exact) mass is 312 g/mol. The molecule has 1 amide bonds. The van der Waals surface area contributed by atoms with Gasteiger partial charge < -0.3 is 14.8 Å². The molecule has 0 radical (unpaired) electrons. The minimum Gasteiger partial charge on any atom is -0.444 e. The fraction of sp³-hybridized carbons (Fsp3) is 0.562. The molecule has 124 valence electrons. The van der Waals surface area contributed by atoms with Crippen LogP contribution in [0.5, 0.6) is 0 Å². The van der Waals surface area contributed by atoms with E-state index in [1.165, 1.54) is 12.1 Å². The first kappa shape index (κ1) is 18.2. The molecule has 1 rings (SSSR count). The smallest absolute Gasteiger partial charge is 0.412 e. The summed E-state index contributed by atoms with van der Waals surface area (Å²) in [6.07, 6.45) is 0.174. The van der Waals surface area contributed by atoms with Crippen LogP contribution in [0.1, 0.15) is 34.1 Å². The summed E-state index contributed by atoms with van der Waals surface area (Å²) < 4.78 is 24.0. The Balaban J connectivity index is 2.79. The maximum atomic E-state index is 13.8. The van der Waals surface area contributed by atoms with Crippen molar-refractivity contribution in [2.45, 2.75) is 45.8 Å². The van der Waals surface area contributed by atoms with Crippen molar-refractivity contribution in [3.8, 4) is 0 Å². The first-order valence-corrected chi connectivity index (χ1v) is 7.30.